The Morgan fingerprint density at radius 2 is 1.78 bits per heavy atom. The van der Waals surface area contributed by atoms with Crippen molar-refractivity contribution in [1.29, 1.82) is 0 Å². The first-order valence-electron chi connectivity index (χ1n) is 9.36. The van der Waals surface area contributed by atoms with E-state index in [1.165, 1.54) is 27.7 Å². The van der Waals surface area contributed by atoms with E-state index in [-0.39, 0.29) is 5.41 Å². The summed E-state index contributed by atoms with van der Waals surface area (Å²) in [7, 11) is 2.13. The number of primary amides is 1. The van der Waals surface area contributed by atoms with E-state index in [2.05, 4.69) is 62.8 Å². The predicted octanol–water partition coefficient (Wildman–Crippen LogP) is 4.39. The maximum atomic E-state index is 11.3. The van der Waals surface area contributed by atoms with Crippen molar-refractivity contribution in [3.63, 3.8) is 0 Å². The number of carbonyl (C=O) groups excluding carboxylic acids is 1. The van der Waals surface area contributed by atoms with Gasteiger partial charge in [0.2, 0.25) is 5.91 Å². The number of hydrogen-bond acceptors (Lipinski definition) is 2. The normalized spacial score (nSPS) is 11.9. The van der Waals surface area contributed by atoms with Gasteiger partial charge in [-0.3, -0.25) is 4.79 Å². The number of amides is 1. The van der Waals surface area contributed by atoms with Crippen molar-refractivity contribution in [1.82, 2.24) is 9.88 Å². The Hall–Kier alpha value is -2.59. The van der Waals surface area contributed by atoms with Crippen LogP contribution in [0.3, 0.4) is 0 Å². The first-order chi connectivity index (χ1) is 12.7. The molecule has 0 aliphatic carbocycles. The summed E-state index contributed by atoms with van der Waals surface area (Å²) < 4.78 is 2.28. The fourth-order valence-corrected chi connectivity index (χ4v) is 3.56. The molecule has 2 aromatic carbocycles. The van der Waals surface area contributed by atoms with Crippen molar-refractivity contribution < 1.29 is 4.79 Å². The highest BCUT2D eigenvalue weighted by molar-refractivity contribution is 5.94. The summed E-state index contributed by atoms with van der Waals surface area (Å²) in [6.45, 7) is 10.7. The molecule has 1 amide bonds. The maximum Gasteiger partial charge on any atom is 0.248 e. The number of hydrogen-bond donors (Lipinski definition) is 2. The lowest BCUT2D eigenvalue weighted by atomic mass is 9.97. The molecule has 4 heteroatoms. The van der Waals surface area contributed by atoms with E-state index >= 15 is 0 Å². The Morgan fingerprint density at radius 1 is 1.11 bits per heavy atom. The zero-order valence-electron chi connectivity index (χ0n) is 16.9. The molecule has 0 unspecified atom stereocenters. The maximum absolute atomic E-state index is 11.3. The molecule has 1 heterocycles. The third kappa shape index (κ3) is 4.06. The van der Waals surface area contributed by atoms with Crippen LogP contribution >= 0.6 is 0 Å². The molecule has 0 radical (unpaired) electrons. The van der Waals surface area contributed by atoms with E-state index in [9.17, 15) is 4.79 Å². The van der Waals surface area contributed by atoms with Gasteiger partial charge in [-0.1, -0.05) is 45.0 Å². The predicted molar refractivity (Wildman–Crippen MR) is 113 cm³/mol. The van der Waals surface area contributed by atoms with Crippen LogP contribution in [0.15, 0.2) is 42.5 Å². The average molecular weight is 364 g/mol. The highest BCUT2D eigenvalue weighted by atomic mass is 16.1. The minimum atomic E-state index is -0.399. The Morgan fingerprint density at radius 3 is 2.37 bits per heavy atom. The van der Waals surface area contributed by atoms with Crippen LogP contribution in [0.25, 0.3) is 22.0 Å². The minimum absolute atomic E-state index is 0.269. The molecule has 27 heavy (non-hydrogen) atoms. The summed E-state index contributed by atoms with van der Waals surface area (Å²) in [5, 5.41) is 4.81. The van der Waals surface area contributed by atoms with Crippen molar-refractivity contribution >= 4 is 16.8 Å². The van der Waals surface area contributed by atoms with E-state index in [4.69, 9.17) is 5.73 Å². The molecule has 0 aliphatic rings. The number of nitrogens with one attached hydrogen (secondary N) is 1. The zero-order valence-corrected chi connectivity index (χ0v) is 16.9. The smallest absolute Gasteiger partial charge is 0.248 e. The number of aryl methyl sites for hydroxylation is 2. The van der Waals surface area contributed by atoms with Crippen LogP contribution in [-0.2, 0) is 13.6 Å². The van der Waals surface area contributed by atoms with Crippen molar-refractivity contribution in [3.8, 4) is 11.1 Å². The number of fused-ring (bicyclic) bond motifs is 1. The molecule has 4 nitrogen and oxygen atoms in total. The third-order valence-corrected chi connectivity index (χ3v) is 4.99. The number of rotatable bonds is 5. The van der Waals surface area contributed by atoms with Gasteiger partial charge in [-0.15, -0.1) is 0 Å². The number of carbonyl (C=O) groups is 1. The monoisotopic (exact) mass is 363 g/mol. The average Bonchev–Trinajstić information content (AvgIpc) is 2.91. The first-order valence-corrected chi connectivity index (χ1v) is 9.36. The largest absolute Gasteiger partial charge is 0.366 e. The summed E-state index contributed by atoms with van der Waals surface area (Å²) >= 11 is 0. The van der Waals surface area contributed by atoms with Gasteiger partial charge in [-0.2, -0.15) is 0 Å². The van der Waals surface area contributed by atoms with Gasteiger partial charge in [0.15, 0.2) is 0 Å². The van der Waals surface area contributed by atoms with Crippen molar-refractivity contribution in [3.05, 3.63) is 59.3 Å². The Kier molecular flexibility index (Phi) is 5.11. The van der Waals surface area contributed by atoms with E-state index in [0.29, 0.717) is 5.56 Å². The highest BCUT2D eigenvalue weighted by Gasteiger charge is 2.14. The Labute approximate surface area is 161 Å². The molecule has 0 aliphatic heterocycles. The van der Waals surface area contributed by atoms with Gasteiger partial charge >= 0.3 is 0 Å². The molecule has 0 bridgehead atoms. The van der Waals surface area contributed by atoms with Crippen molar-refractivity contribution in [2.24, 2.45) is 18.2 Å². The minimum Gasteiger partial charge on any atom is -0.366 e. The van der Waals surface area contributed by atoms with Gasteiger partial charge in [-0.25, -0.2) is 0 Å². The summed E-state index contributed by atoms with van der Waals surface area (Å²) in [5.74, 6) is -0.399. The number of benzene rings is 2. The second-order valence-electron chi connectivity index (χ2n) is 8.48. The SMILES string of the molecule is Cc1c(-c2ccc(C(N)=O)cc2)ccc2cc(CNCC(C)(C)C)n(C)c12. The molecule has 0 spiro atoms. The lowest BCUT2D eigenvalue weighted by Crippen LogP contribution is -2.27. The fourth-order valence-electron chi connectivity index (χ4n) is 3.56. The molecular weight excluding hydrogens is 334 g/mol. The molecule has 0 saturated carbocycles. The Balaban J connectivity index is 1.94. The number of nitrogens with zero attached hydrogens (tertiary/aromatic N) is 1. The molecule has 1 aromatic heterocycles. The van der Waals surface area contributed by atoms with Crippen LogP contribution in [0.5, 0.6) is 0 Å². The highest BCUT2D eigenvalue weighted by Crippen LogP contribution is 2.31. The molecule has 142 valence electrons. The number of aromatic nitrogens is 1. The van der Waals surface area contributed by atoms with Gasteiger partial charge in [-0.05, 0) is 47.2 Å². The standard InChI is InChI=1S/C23H29N3O/c1-15-20(16-6-8-17(9-7-16)22(24)27)11-10-18-12-19(26(5)21(15)18)13-25-14-23(2,3)4/h6-12,25H,13-14H2,1-5H3,(H2,24,27). The molecule has 3 N–H and O–H groups in total. The van der Waals surface area contributed by atoms with Crippen LogP contribution in [0, 0.1) is 12.3 Å². The second-order valence-corrected chi connectivity index (χ2v) is 8.48. The molecule has 3 rings (SSSR count). The lowest BCUT2D eigenvalue weighted by Gasteiger charge is -2.19. The molecule has 3 aromatic rings. The van der Waals surface area contributed by atoms with Crippen molar-refractivity contribution in [2.75, 3.05) is 6.54 Å². The summed E-state index contributed by atoms with van der Waals surface area (Å²) in [4.78, 5) is 11.3. The van der Waals surface area contributed by atoms with Crippen LogP contribution in [0.1, 0.15) is 42.4 Å². The Bertz CT molecular complexity index is 976. The summed E-state index contributed by atoms with van der Waals surface area (Å²) in [6, 6.07) is 14.1. The topological polar surface area (TPSA) is 60.1 Å². The molecule has 0 saturated heterocycles. The van der Waals surface area contributed by atoms with Crippen LogP contribution in [0.4, 0.5) is 0 Å². The van der Waals surface area contributed by atoms with Gasteiger partial charge in [0.05, 0.1) is 5.52 Å². The summed E-state index contributed by atoms with van der Waals surface area (Å²) in [6.07, 6.45) is 0. The van der Waals surface area contributed by atoms with Crippen LogP contribution in [0.2, 0.25) is 0 Å². The molecule has 0 atom stereocenters. The fraction of sp³-hybridized carbons (Fsp3) is 0.348. The second kappa shape index (κ2) is 7.20. The van der Waals surface area contributed by atoms with Gasteiger partial charge in [0, 0.05) is 36.8 Å². The van der Waals surface area contributed by atoms with Crippen molar-refractivity contribution in [2.45, 2.75) is 34.2 Å². The van der Waals surface area contributed by atoms with E-state index in [1.54, 1.807) is 12.1 Å². The first kappa shape index (κ1) is 19.2. The zero-order chi connectivity index (χ0) is 19.8. The van der Waals surface area contributed by atoms with Gasteiger partial charge < -0.3 is 15.6 Å². The van der Waals surface area contributed by atoms with Gasteiger partial charge in [0.25, 0.3) is 0 Å². The van der Waals surface area contributed by atoms with Gasteiger partial charge in [0.1, 0.15) is 0 Å². The molecule has 0 fully saturated rings. The quantitative estimate of drug-likeness (QED) is 0.706. The van der Waals surface area contributed by atoms with Crippen LogP contribution in [-0.4, -0.2) is 17.0 Å². The summed E-state index contributed by atoms with van der Waals surface area (Å²) in [5.41, 5.74) is 12.2. The molecular formula is C23H29N3O. The van der Waals surface area contributed by atoms with E-state index in [1.807, 2.05) is 12.1 Å². The third-order valence-electron chi connectivity index (χ3n) is 4.99. The van der Waals surface area contributed by atoms with Crippen LogP contribution < -0.4 is 11.1 Å². The van der Waals surface area contributed by atoms with E-state index in [0.717, 1.165) is 18.7 Å². The number of nitrogens with two attached hydrogens (primary N) is 1. The van der Waals surface area contributed by atoms with E-state index < -0.39 is 5.91 Å². The lowest BCUT2D eigenvalue weighted by molar-refractivity contribution is 0.100.